The minimum Gasteiger partial charge on any atom is -0.507 e. The first-order chi connectivity index (χ1) is 20.0. The highest BCUT2D eigenvalue weighted by molar-refractivity contribution is 6.32. The van der Waals surface area contributed by atoms with Gasteiger partial charge in [0, 0.05) is 36.7 Å². The average Bonchev–Trinajstić information content (AvgIpc) is 3.47. The molecule has 6 unspecified atom stereocenters. The van der Waals surface area contributed by atoms with Gasteiger partial charge in [-0.3, -0.25) is 33.8 Å². The number of ether oxygens (including phenoxy) is 1. The number of amides is 1. The molecule has 6 atom stereocenters. The van der Waals surface area contributed by atoms with Crippen LogP contribution in [0.3, 0.4) is 0 Å². The summed E-state index contributed by atoms with van der Waals surface area (Å²) in [5.41, 5.74) is 5.00. The van der Waals surface area contributed by atoms with E-state index in [1.165, 1.54) is 17.4 Å². The summed E-state index contributed by atoms with van der Waals surface area (Å²) < 4.78 is 10.8. The summed E-state index contributed by atoms with van der Waals surface area (Å²) in [7, 11) is 3.11. The van der Waals surface area contributed by atoms with Crippen LogP contribution in [0, 0.1) is 23.7 Å². The topological polar surface area (TPSA) is 181 Å². The zero-order valence-electron chi connectivity index (χ0n) is 23.4. The van der Waals surface area contributed by atoms with Crippen molar-refractivity contribution >= 4 is 29.0 Å². The molecule has 4 aliphatic rings. The third-order valence-corrected chi connectivity index (χ3v) is 9.47. The first kappa shape index (κ1) is 28.4. The number of nitrogens with zero attached hydrogens (tertiary/aromatic N) is 2. The van der Waals surface area contributed by atoms with Crippen molar-refractivity contribution in [1.29, 1.82) is 0 Å². The Bertz CT molecular complexity index is 1490. The fourth-order valence-electron chi connectivity index (χ4n) is 7.52. The average molecular weight is 580 g/mol. The molecule has 0 radical (unpaired) electrons. The molecule has 1 saturated heterocycles. The molecule has 2 aromatic rings. The van der Waals surface area contributed by atoms with Gasteiger partial charge in [-0.15, -0.1) is 0 Å². The molecule has 1 aromatic carbocycles. The Morgan fingerprint density at radius 2 is 1.88 bits per heavy atom. The maximum Gasteiger partial charge on any atom is 0.235 e. The molecule has 3 fully saturated rings. The summed E-state index contributed by atoms with van der Waals surface area (Å²) in [5.74, 6) is -10.6. The van der Waals surface area contributed by atoms with Crippen LogP contribution in [0.5, 0.6) is 5.75 Å². The van der Waals surface area contributed by atoms with Gasteiger partial charge in [-0.25, -0.2) is 0 Å². The molecule has 1 aliphatic heterocycles. The van der Waals surface area contributed by atoms with Gasteiger partial charge in [-0.2, -0.15) is 0 Å². The second-order valence-corrected chi connectivity index (χ2v) is 12.0. The molecule has 1 aromatic heterocycles. The quantitative estimate of drug-likeness (QED) is 0.405. The van der Waals surface area contributed by atoms with E-state index in [1.54, 1.807) is 20.2 Å². The number of benzene rings is 1. The minimum absolute atomic E-state index is 0.00892. The van der Waals surface area contributed by atoms with Crippen LogP contribution in [0.1, 0.15) is 27.9 Å². The summed E-state index contributed by atoms with van der Waals surface area (Å²) in [6.45, 7) is 2.68. The third-order valence-electron chi connectivity index (χ3n) is 9.47. The first-order valence-corrected chi connectivity index (χ1v) is 14.0. The van der Waals surface area contributed by atoms with Crippen LogP contribution in [-0.2, 0) is 36.9 Å². The Morgan fingerprint density at radius 3 is 2.50 bits per heavy atom. The smallest absolute Gasteiger partial charge is 0.235 e. The second kappa shape index (κ2) is 10.2. The number of hydrogen-bond acceptors (Lipinski definition) is 11. The van der Waals surface area contributed by atoms with Gasteiger partial charge in [0.25, 0.3) is 0 Å². The normalized spacial score (nSPS) is 31.6. The highest BCUT2D eigenvalue weighted by atomic mass is 16.5. The number of rotatable bonds is 5. The minimum atomic E-state index is -2.76. The molecule has 4 N–H and O–H groups in total. The van der Waals surface area contributed by atoms with E-state index in [4.69, 9.17) is 14.9 Å². The number of Topliss-reactive ketones (excluding diaryl/α,β-unsaturated/α-hetero) is 4. The molecule has 0 spiro atoms. The van der Waals surface area contributed by atoms with E-state index in [0.717, 1.165) is 0 Å². The lowest BCUT2D eigenvalue weighted by Gasteiger charge is -2.52. The van der Waals surface area contributed by atoms with Gasteiger partial charge in [0.2, 0.25) is 5.91 Å². The van der Waals surface area contributed by atoms with Crippen molar-refractivity contribution in [3.05, 3.63) is 41.3 Å². The van der Waals surface area contributed by atoms with E-state index < -0.39 is 64.4 Å². The van der Waals surface area contributed by atoms with Crippen LogP contribution in [0.4, 0.5) is 0 Å². The molecule has 3 aliphatic carbocycles. The van der Waals surface area contributed by atoms with E-state index >= 15 is 0 Å². The van der Waals surface area contributed by atoms with Crippen LogP contribution in [0.2, 0.25) is 0 Å². The number of carbonyl (C=O) groups is 5. The first-order valence-electron chi connectivity index (χ1n) is 14.0. The lowest BCUT2D eigenvalue weighted by Crippen LogP contribution is -2.74. The number of aromatic hydroxyl groups is 1. The van der Waals surface area contributed by atoms with E-state index in [0.29, 0.717) is 55.1 Å². The van der Waals surface area contributed by atoms with Gasteiger partial charge in [0.1, 0.15) is 5.75 Å². The molecule has 2 saturated carbocycles. The van der Waals surface area contributed by atoms with E-state index in [9.17, 15) is 34.2 Å². The molecule has 1 amide bonds. The molecule has 12 heteroatoms. The van der Waals surface area contributed by atoms with Gasteiger partial charge in [0.05, 0.1) is 43.3 Å². The zero-order chi connectivity index (χ0) is 30.1. The lowest BCUT2D eigenvalue weighted by atomic mass is 9.52. The fraction of sp³-hybridized carbons (Fsp3) is 0.500. The van der Waals surface area contributed by atoms with Gasteiger partial charge >= 0.3 is 0 Å². The maximum absolute atomic E-state index is 14.2. The van der Waals surface area contributed by atoms with E-state index in [1.807, 2.05) is 6.07 Å². The number of carbonyl (C=O) groups excluding carboxylic acids is 5. The van der Waals surface area contributed by atoms with Gasteiger partial charge in [-0.1, -0.05) is 0 Å². The Morgan fingerprint density at radius 1 is 1.17 bits per heavy atom. The molecule has 2 heterocycles. The molecule has 6 rings (SSSR count). The van der Waals surface area contributed by atoms with Crippen LogP contribution in [-0.4, -0.2) is 101 Å². The van der Waals surface area contributed by atoms with Crippen molar-refractivity contribution in [2.24, 2.45) is 29.4 Å². The summed E-state index contributed by atoms with van der Waals surface area (Å²) in [6.07, 6.45) is 3.21. The van der Waals surface area contributed by atoms with Crippen molar-refractivity contribution in [1.82, 2.24) is 9.80 Å². The maximum atomic E-state index is 14.2. The number of likely N-dealkylation sites (N-methyl/N-ethyl adjacent to an activating group) is 1. The number of fused-ring (bicyclic) bond motifs is 3. The lowest BCUT2D eigenvalue weighted by molar-refractivity contribution is -0.181. The van der Waals surface area contributed by atoms with Crippen molar-refractivity contribution in [2.45, 2.75) is 31.0 Å². The van der Waals surface area contributed by atoms with Crippen molar-refractivity contribution in [3.63, 3.8) is 0 Å². The third kappa shape index (κ3) is 4.08. The van der Waals surface area contributed by atoms with E-state index in [2.05, 4.69) is 4.90 Å². The molecular formula is C30H33N3O9. The van der Waals surface area contributed by atoms with Crippen LogP contribution in [0.15, 0.2) is 29.1 Å². The van der Waals surface area contributed by atoms with E-state index in [-0.39, 0.29) is 24.2 Å². The summed E-state index contributed by atoms with van der Waals surface area (Å²) in [5, 5.41) is 23.3. The monoisotopic (exact) mass is 579 g/mol. The van der Waals surface area contributed by atoms with Gasteiger partial charge in [-0.05, 0) is 56.1 Å². The molecule has 222 valence electrons. The molecular weight excluding hydrogens is 546 g/mol. The number of phenolic OH excluding ortho intramolecular Hbond substituents is 1. The molecule has 42 heavy (non-hydrogen) atoms. The summed E-state index contributed by atoms with van der Waals surface area (Å²) >= 11 is 0. The Labute approximate surface area is 241 Å². The number of morpholine rings is 1. The molecule has 12 nitrogen and oxygen atoms in total. The number of ketones is 4. The second-order valence-electron chi connectivity index (χ2n) is 12.0. The number of aliphatic hydroxyl groups is 1. The molecule has 0 bridgehead atoms. The number of hydrogen-bond donors (Lipinski definition) is 3. The highest BCUT2D eigenvalue weighted by Crippen LogP contribution is 2.52. The Hall–Kier alpha value is -3.71. The van der Waals surface area contributed by atoms with Crippen molar-refractivity contribution in [2.75, 3.05) is 40.4 Å². The standard InChI is InChI=1S/C30H33N3O9/c1-32(2)23-19-11-15-9-18-17(14-3-6-42-13-14)10-16(12-33-4-7-41-8-5-33)24(34)21(18)25(35)20(15)27(37)30(19,40)28(38)22(26(23)36)29(31)39/h3,6,10,13,15,19-20,22-23,34,40H,4-5,7-9,11-12H2,1-2H3,(H2,31,39). The van der Waals surface area contributed by atoms with Gasteiger partial charge in [0.15, 0.2) is 34.7 Å². The van der Waals surface area contributed by atoms with Crippen LogP contribution >= 0.6 is 0 Å². The number of furan rings is 1. The van der Waals surface area contributed by atoms with Crippen molar-refractivity contribution < 1.29 is 43.3 Å². The number of nitrogens with two attached hydrogens (primary N) is 1. The van der Waals surface area contributed by atoms with Crippen LogP contribution in [0.25, 0.3) is 11.1 Å². The van der Waals surface area contributed by atoms with Crippen LogP contribution < -0.4 is 5.73 Å². The van der Waals surface area contributed by atoms with Gasteiger partial charge < -0.3 is 25.1 Å². The number of primary amides is 1. The largest absolute Gasteiger partial charge is 0.507 e. The Kier molecular flexibility index (Phi) is 6.92. The van der Waals surface area contributed by atoms with Crippen molar-refractivity contribution in [3.8, 4) is 16.9 Å². The predicted octanol–water partition coefficient (Wildman–Crippen LogP) is -0.0408. The SMILES string of the molecule is CN(C)C1C(=O)C(C(N)=O)C(=O)C2(O)C(=O)C3C(=O)c4c(O)c(CN5CCOCC5)cc(-c5ccoc5)c4CC3CC12. The number of phenols is 1. The predicted molar refractivity (Wildman–Crippen MR) is 145 cm³/mol. The fourth-order valence-corrected chi connectivity index (χ4v) is 7.52. The zero-order valence-corrected chi connectivity index (χ0v) is 23.4. The summed E-state index contributed by atoms with van der Waals surface area (Å²) in [6, 6.07) is 2.43. The Balaban J connectivity index is 1.48. The highest BCUT2D eigenvalue weighted by Gasteiger charge is 2.69. The summed E-state index contributed by atoms with van der Waals surface area (Å²) in [4.78, 5) is 70.9.